The Bertz CT molecular complexity index is 389. The van der Waals surface area contributed by atoms with Gasteiger partial charge in [-0.15, -0.1) is 0 Å². The van der Waals surface area contributed by atoms with Crippen LogP contribution in [-0.2, 0) is 4.79 Å². The highest BCUT2D eigenvalue weighted by Crippen LogP contribution is 2.04. The third-order valence-electron chi connectivity index (χ3n) is 3.72. The summed E-state index contributed by atoms with van der Waals surface area (Å²) >= 11 is 0. The molecule has 0 fully saturated rings. The van der Waals surface area contributed by atoms with Crippen LogP contribution in [-0.4, -0.2) is 11.1 Å². The van der Waals surface area contributed by atoms with Crippen molar-refractivity contribution < 1.29 is 9.90 Å². The van der Waals surface area contributed by atoms with Crippen LogP contribution in [0.1, 0.15) is 84.0 Å². The van der Waals surface area contributed by atoms with Crippen LogP contribution in [0, 0.1) is 0 Å². The summed E-state index contributed by atoms with van der Waals surface area (Å²) in [7, 11) is 0. The first-order valence-electron chi connectivity index (χ1n) is 9.59. The smallest absolute Gasteiger partial charge is 0.303 e. The molecule has 0 saturated heterocycles. The molecule has 0 aromatic heterocycles. The van der Waals surface area contributed by atoms with Gasteiger partial charge in [-0.25, -0.2) is 0 Å². The maximum Gasteiger partial charge on any atom is 0.303 e. The summed E-state index contributed by atoms with van der Waals surface area (Å²) in [5, 5.41) is 8.52. The fourth-order valence-electron chi connectivity index (χ4n) is 2.28. The van der Waals surface area contributed by atoms with Gasteiger partial charge in [0.05, 0.1) is 0 Å². The van der Waals surface area contributed by atoms with Crippen molar-refractivity contribution in [3.8, 4) is 0 Å². The first kappa shape index (κ1) is 22.4. The second kappa shape index (κ2) is 19.5. The molecule has 0 spiro atoms. The quantitative estimate of drug-likeness (QED) is 0.244. The minimum atomic E-state index is -0.697. The molecule has 0 aliphatic rings. The average Bonchev–Trinajstić information content (AvgIpc) is 2.56. The van der Waals surface area contributed by atoms with E-state index in [1.165, 1.54) is 32.1 Å². The van der Waals surface area contributed by atoms with Crippen LogP contribution in [0.3, 0.4) is 0 Å². The van der Waals surface area contributed by atoms with Crippen molar-refractivity contribution >= 4 is 5.97 Å². The Morgan fingerprint density at radius 1 is 0.667 bits per heavy atom. The first-order valence-corrected chi connectivity index (χ1v) is 9.59. The zero-order chi connectivity index (χ0) is 17.7. The molecule has 0 aliphatic heterocycles. The third kappa shape index (κ3) is 20.4. The lowest BCUT2D eigenvalue weighted by Gasteiger charge is -1.93. The minimum Gasteiger partial charge on any atom is -0.481 e. The number of unbranched alkanes of at least 4 members (excludes halogenated alkanes) is 6. The second-order valence-electron chi connectivity index (χ2n) is 6.08. The number of carboxylic acids is 1. The van der Waals surface area contributed by atoms with Gasteiger partial charge in [0.2, 0.25) is 0 Å². The van der Waals surface area contributed by atoms with E-state index >= 15 is 0 Å². The molecule has 0 heterocycles. The summed E-state index contributed by atoms with van der Waals surface area (Å²) in [5.74, 6) is -0.697. The molecule has 1 N–H and O–H groups in total. The number of aliphatic carboxylic acids is 1. The molecule has 2 heteroatoms. The van der Waals surface area contributed by atoms with Crippen LogP contribution in [0.5, 0.6) is 0 Å². The Kier molecular flexibility index (Phi) is 18.2. The Balaban J connectivity index is 3.38. The molecular weight excluding hydrogens is 296 g/mol. The molecule has 0 rings (SSSR count). The molecule has 0 aromatic rings. The molecule has 0 unspecified atom stereocenters. The molecule has 24 heavy (non-hydrogen) atoms. The van der Waals surface area contributed by atoms with Gasteiger partial charge in [-0.2, -0.15) is 0 Å². The Morgan fingerprint density at radius 3 is 1.58 bits per heavy atom. The Labute approximate surface area is 149 Å². The molecule has 0 atom stereocenters. The third-order valence-corrected chi connectivity index (χ3v) is 3.72. The van der Waals surface area contributed by atoms with Crippen LogP contribution >= 0.6 is 0 Å². The lowest BCUT2D eigenvalue weighted by molar-refractivity contribution is -0.137. The SMILES string of the molecule is CCCCCCC=CCC=CCC=CCC=CCCCCC(=O)O. The predicted molar refractivity (Wildman–Crippen MR) is 105 cm³/mol. The van der Waals surface area contributed by atoms with Gasteiger partial charge in [0, 0.05) is 6.42 Å². The van der Waals surface area contributed by atoms with Gasteiger partial charge in [0.1, 0.15) is 0 Å². The maximum absolute atomic E-state index is 10.3. The molecule has 0 bridgehead atoms. The van der Waals surface area contributed by atoms with Crippen molar-refractivity contribution in [1.82, 2.24) is 0 Å². The zero-order valence-corrected chi connectivity index (χ0v) is 15.5. The van der Waals surface area contributed by atoms with E-state index < -0.39 is 5.97 Å². The van der Waals surface area contributed by atoms with E-state index in [0.29, 0.717) is 0 Å². The van der Waals surface area contributed by atoms with Crippen molar-refractivity contribution in [2.75, 3.05) is 0 Å². The maximum atomic E-state index is 10.3. The van der Waals surface area contributed by atoms with Crippen molar-refractivity contribution in [2.24, 2.45) is 0 Å². The van der Waals surface area contributed by atoms with Gasteiger partial charge in [-0.05, 0) is 51.4 Å². The van der Waals surface area contributed by atoms with E-state index in [1.54, 1.807) is 0 Å². The largest absolute Gasteiger partial charge is 0.481 e. The molecule has 136 valence electrons. The summed E-state index contributed by atoms with van der Waals surface area (Å²) in [4.78, 5) is 10.3. The molecule has 0 aliphatic carbocycles. The number of allylic oxidation sites excluding steroid dienone is 8. The van der Waals surface area contributed by atoms with Crippen LogP contribution < -0.4 is 0 Å². The van der Waals surface area contributed by atoms with E-state index in [0.717, 1.165) is 38.5 Å². The normalized spacial score (nSPS) is 12.4. The van der Waals surface area contributed by atoms with Crippen LogP contribution in [0.2, 0.25) is 0 Å². The van der Waals surface area contributed by atoms with E-state index in [9.17, 15) is 4.79 Å². The molecule has 0 radical (unpaired) electrons. The minimum absolute atomic E-state index is 0.286. The fourth-order valence-corrected chi connectivity index (χ4v) is 2.28. The van der Waals surface area contributed by atoms with Gasteiger partial charge in [0.15, 0.2) is 0 Å². The van der Waals surface area contributed by atoms with Gasteiger partial charge in [0.25, 0.3) is 0 Å². The Morgan fingerprint density at radius 2 is 1.12 bits per heavy atom. The van der Waals surface area contributed by atoms with Crippen LogP contribution in [0.4, 0.5) is 0 Å². The summed E-state index contributed by atoms with van der Waals surface area (Å²) < 4.78 is 0. The lowest BCUT2D eigenvalue weighted by atomic mass is 10.1. The standard InChI is InChI=1S/C22H36O2/c1-2-3-4-5-6-7-8-9-10-11-12-13-14-15-16-17-18-19-20-21-22(23)24/h7-8,10-11,13-14,16-17H,2-6,9,12,15,18-21H2,1H3,(H,23,24). The highest BCUT2D eigenvalue weighted by Gasteiger charge is 1.93. The summed E-state index contributed by atoms with van der Waals surface area (Å²) in [5.41, 5.74) is 0. The fraction of sp³-hybridized carbons (Fsp3) is 0.591. The number of hydrogen-bond acceptors (Lipinski definition) is 1. The number of hydrogen-bond donors (Lipinski definition) is 1. The molecule has 0 amide bonds. The van der Waals surface area contributed by atoms with Crippen molar-refractivity contribution in [3.63, 3.8) is 0 Å². The topological polar surface area (TPSA) is 37.3 Å². The first-order chi connectivity index (χ1) is 11.8. The van der Waals surface area contributed by atoms with Crippen molar-refractivity contribution in [3.05, 3.63) is 48.6 Å². The second-order valence-corrected chi connectivity index (χ2v) is 6.08. The molecule has 2 nitrogen and oxygen atoms in total. The van der Waals surface area contributed by atoms with Gasteiger partial charge in [-0.1, -0.05) is 74.8 Å². The van der Waals surface area contributed by atoms with E-state index in [-0.39, 0.29) is 6.42 Å². The van der Waals surface area contributed by atoms with Gasteiger partial charge < -0.3 is 5.11 Å². The van der Waals surface area contributed by atoms with E-state index in [2.05, 4.69) is 55.5 Å². The summed E-state index contributed by atoms with van der Waals surface area (Å²) in [6.45, 7) is 2.25. The molecule has 0 aromatic carbocycles. The number of carboxylic acid groups (broad SMARTS) is 1. The highest BCUT2D eigenvalue weighted by atomic mass is 16.4. The zero-order valence-electron chi connectivity index (χ0n) is 15.5. The number of carbonyl (C=O) groups is 1. The van der Waals surface area contributed by atoms with Gasteiger partial charge in [-0.3, -0.25) is 4.79 Å². The molecular formula is C22H36O2. The highest BCUT2D eigenvalue weighted by molar-refractivity contribution is 5.66. The lowest BCUT2D eigenvalue weighted by Crippen LogP contribution is -1.92. The van der Waals surface area contributed by atoms with Crippen LogP contribution in [0.25, 0.3) is 0 Å². The van der Waals surface area contributed by atoms with E-state index in [1.807, 2.05) is 0 Å². The summed E-state index contributed by atoms with van der Waals surface area (Å²) in [6.07, 6.45) is 30.3. The monoisotopic (exact) mass is 332 g/mol. The van der Waals surface area contributed by atoms with Crippen LogP contribution in [0.15, 0.2) is 48.6 Å². The molecule has 0 saturated carbocycles. The van der Waals surface area contributed by atoms with E-state index in [4.69, 9.17) is 5.11 Å². The Hall–Kier alpha value is -1.57. The summed E-state index contributed by atoms with van der Waals surface area (Å²) in [6, 6.07) is 0. The van der Waals surface area contributed by atoms with Crippen molar-refractivity contribution in [1.29, 1.82) is 0 Å². The number of rotatable bonds is 16. The average molecular weight is 333 g/mol. The predicted octanol–water partition coefficient (Wildman–Crippen LogP) is 7.00. The van der Waals surface area contributed by atoms with Gasteiger partial charge >= 0.3 is 5.97 Å². The van der Waals surface area contributed by atoms with Crippen molar-refractivity contribution in [2.45, 2.75) is 84.0 Å².